The number of hydrogen-bond donors (Lipinski definition) is 1. The van der Waals surface area contributed by atoms with Gasteiger partial charge >= 0.3 is 6.09 Å². The molecule has 2 rings (SSSR count). The van der Waals surface area contributed by atoms with Crippen LogP contribution < -0.4 is 10.1 Å². The molecule has 0 unspecified atom stereocenters. The summed E-state index contributed by atoms with van der Waals surface area (Å²) in [6, 6.07) is 13.3. The molecule has 0 spiro atoms. The topological polar surface area (TPSA) is 64.6 Å². The van der Waals surface area contributed by atoms with Gasteiger partial charge in [0.25, 0.3) is 0 Å². The maximum atomic E-state index is 14.8. The van der Waals surface area contributed by atoms with E-state index in [0.717, 1.165) is 17.3 Å². The van der Waals surface area contributed by atoms with Crippen molar-refractivity contribution in [3.05, 3.63) is 63.9 Å². The lowest BCUT2D eigenvalue weighted by atomic mass is 10.1. The molecule has 8 heteroatoms. The van der Waals surface area contributed by atoms with Gasteiger partial charge in [-0.05, 0) is 38.8 Å². The Hall–Kier alpha value is -2.06. The Morgan fingerprint density at radius 2 is 1.94 bits per heavy atom. The molecular formula is C23H26BrFNO4S. The number of amides is 1. The fraction of sp³-hybridized carbons (Fsp3) is 0.391. The van der Waals surface area contributed by atoms with E-state index in [2.05, 4.69) is 27.3 Å². The van der Waals surface area contributed by atoms with Crippen molar-refractivity contribution in [3.8, 4) is 5.75 Å². The molecule has 2 aromatic carbocycles. The van der Waals surface area contributed by atoms with Crippen LogP contribution in [0, 0.1) is 11.9 Å². The molecule has 0 heterocycles. The number of hydrogen-bond acceptors (Lipinski definition) is 5. The maximum Gasteiger partial charge on any atom is 0.407 e. The molecule has 0 aromatic heterocycles. The highest BCUT2D eigenvalue weighted by atomic mass is 79.9. The van der Waals surface area contributed by atoms with Crippen LogP contribution in [0.2, 0.25) is 0 Å². The summed E-state index contributed by atoms with van der Waals surface area (Å²) >= 11 is 4.45. The second kappa shape index (κ2) is 11.5. The highest BCUT2D eigenvalue weighted by Crippen LogP contribution is 2.28. The molecule has 0 aliphatic heterocycles. The second-order valence-electron chi connectivity index (χ2n) is 7.90. The van der Waals surface area contributed by atoms with Crippen LogP contribution in [-0.2, 0) is 22.6 Å². The summed E-state index contributed by atoms with van der Waals surface area (Å²) in [7, 11) is 0. The average Bonchev–Trinajstić information content (AvgIpc) is 2.66. The number of carbonyl (C=O) groups excluding carboxylic acids is 2. The van der Waals surface area contributed by atoms with Crippen molar-refractivity contribution >= 4 is 38.9 Å². The Morgan fingerprint density at radius 1 is 1.26 bits per heavy atom. The summed E-state index contributed by atoms with van der Waals surface area (Å²) < 4.78 is 26.3. The first kappa shape index (κ1) is 25.2. The number of halogens is 2. The summed E-state index contributed by atoms with van der Waals surface area (Å²) in [4.78, 5) is 23.6. The number of rotatable bonds is 8. The van der Waals surface area contributed by atoms with Crippen LogP contribution in [0.4, 0.5) is 9.18 Å². The van der Waals surface area contributed by atoms with E-state index in [1.165, 1.54) is 6.92 Å². The molecule has 1 atom stereocenters. The van der Waals surface area contributed by atoms with E-state index >= 15 is 0 Å². The van der Waals surface area contributed by atoms with E-state index < -0.39 is 23.6 Å². The van der Waals surface area contributed by atoms with Gasteiger partial charge in [0.1, 0.15) is 23.8 Å². The van der Waals surface area contributed by atoms with Gasteiger partial charge in [0.05, 0.1) is 6.07 Å². The quantitative estimate of drug-likeness (QED) is 0.494. The van der Waals surface area contributed by atoms with E-state index in [-0.39, 0.29) is 23.0 Å². The minimum Gasteiger partial charge on any atom is -0.488 e. The third kappa shape index (κ3) is 9.31. The van der Waals surface area contributed by atoms with Crippen LogP contribution in [0.15, 0.2) is 40.9 Å². The first-order chi connectivity index (χ1) is 14.5. The lowest BCUT2D eigenvalue weighted by Gasteiger charge is -2.24. The highest BCUT2D eigenvalue weighted by molar-refractivity contribution is 9.10. The minimum absolute atomic E-state index is 0.0910. The molecule has 1 amide bonds. The maximum absolute atomic E-state index is 14.8. The van der Waals surface area contributed by atoms with Crippen molar-refractivity contribution in [2.75, 3.05) is 5.75 Å². The van der Waals surface area contributed by atoms with Crippen molar-refractivity contribution in [2.45, 2.75) is 52.4 Å². The third-order valence-corrected chi connectivity index (χ3v) is 5.62. The normalized spacial score (nSPS) is 12.2. The van der Waals surface area contributed by atoms with Gasteiger partial charge in [-0.2, -0.15) is 0 Å². The third-order valence-electron chi connectivity index (χ3n) is 3.94. The van der Waals surface area contributed by atoms with Crippen molar-refractivity contribution in [2.24, 2.45) is 0 Å². The second-order valence-corrected chi connectivity index (χ2v) is 9.95. The van der Waals surface area contributed by atoms with Gasteiger partial charge in [-0.15, -0.1) is 0 Å². The smallest absolute Gasteiger partial charge is 0.407 e. The molecular weight excluding hydrogens is 485 g/mol. The van der Waals surface area contributed by atoms with Gasteiger partial charge in [-0.25, -0.2) is 9.18 Å². The molecule has 31 heavy (non-hydrogen) atoms. The monoisotopic (exact) mass is 510 g/mol. The van der Waals surface area contributed by atoms with Crippen LogP contribution in [0.25, 0.3) is 0 Å². The van der Waals surface area contributed by atoms with E-state index in [1.54, 1.807) is 26.8 Å². The van der Waals surface area contributed by atoms with Gasteiger partial charge in [0.2, 0.25) is 0 Å². The first-order valence-corrected chi connectivity index (χ1v) is 11.5. The van der Waals surface area contributed by atoms with Crippen LogP contribution in [-0.4, -0.2) is 28.6 Å². The van der Waals surface area contributed by atoms with E-state index in [1.807, 2.05) is 30.3 Å². The van der Waals surface area contributed by atoms with Gasteiger partial charge < -0.3 is 14.8 Å². The fourth-order valence-electron chi connectivity index (χ4n) is 2.62. The van der Waals surface area contributed by atoms with Crippen LogP contribution in [0.3, 0.4) is 0 Å². The molecule has 167 valence electrons. The average molecular weight is 511 g/mol. The lowest BCUT2D eigenvalue weighted by Crippen LogP contribution is -2.42. The van der Waals surface area contributed by atoms with Crippen molar-refractivity contribution in [1.82, 2.24) is 5.32 Å². The zero-order valence-corrected chi connectivity index (χ0v) is 20.4. The predicted octanol–water partition coefficient (Wildman–Crippen LogP) is 5.68. The summed E-state index contributed by atoms with van der Waals surface area (Å²) in [5.41, 5.74) is 0.622. The summed E-state index contributed by atoms with van der Waals surface area (Å²) in [5, 5.41) is 2.64. The molecule has 0 bridgehead atoms. The Balaban J connectivity index is 2.11. The number of nitrogens with one attached hydrogen (secondary N) is 1. The Morgan fingerprint density at radius 3 is 2.52 bits per heavy atom. The fourth-order valence-corrected chi connectivity index (χ4v) is 3.80. The number of alkyl carbamates (subject to hydrolysis) is 1. The van der Waals surface area contributed by atoms with Crippen molar-refractivity contribution in [3.63, 3.8) is 0 Å². The van der Waals surface area contributed by atoms with E-state index in [4.69, 9.17) is 9.47 Å². The number of carbonyl (C=O) groups is 2. The van der Waals surface area contributed by atoms with Gasteiger partial charge in [-0.3, -0.25) is 4.79 Å². The van der Waals surface area contributed by atoms with Crippen molar-refractivity contribution in [1.29, 1.82) is 0 Å². The molecule has 0 saturated heterocycles. The van der Waals surface area contributed by atoms with E-state index in [0.29, 0.717) is 16.6 Å². The number of ether oxygens (including phenoxy) is 2. The van der Waals surface area contributed by atoms with Gasteiger partial charge in [0.15, 0.2) is 5.12 Å². The minimum atomic E-state index is -0.667. The zero-order valence-electron chi connectivity index (χ0n) is 18.0. The highest BCUT2D eigenvalue weighted by Gasteiger charge is 2.23. The predicted molar refractivity (Wildman–Crippen MR) is 124 cm³/mol. The van der Waals surface area contributed by atoms with Crippen LogP contribution in [0.1, 0.15) is 38.8 Å². The molecule has 0 saturated carbocycles. The standard InChI is InChI=1S/C23H26BrFNO4S/c1-15(27)31-14-17(26-22(28)30-23(2,3)4)10-19-20(24)11-18(12-21(19)25)29-13-16-8-6-5-7-9-16/h5-9,11,17H,10,13-14H2,1-4H3,(H,26,28)/t17-/m0/s1. The molecule has 2 aromatic rings. The van der Waals surface area contributed by atoms with Crippen LogP contribution in [0.5, 0.6) is 5.75 Å². The number of thioether (sulfide) groups is 1. The summed E-state index contributed by atoms with van der Waals surface area (Å²) in [6.45, 7) is 7.00. The zero-order chi connectivity index (χ0) is 23.0. The summed E-state index contributed by atoms with van der Waals surface area (Å²) in [5.74, 6) is -0.0276. The van der Waals surface area contributed by atoms with Crippen molar-refractivity contribution < 1.29 is 23.5 Å². The molecule has 0 aliphatic carbocycles. The first-order valence-electron chi connectivity index (χ1n) is 9.73. The lowest BCUT2D eigenvalue weighted by molar-refractivity contribution is -0.109. The largest absolute Gasteiger partial charge is 0.488 e. The van der Waals surface area contributed by atoms with E-state index in [9.17, 15) is 14.0 Å². The Kier molecular flexibility index (Phi) is 9.37. The van der Waals surface area contributed by atoms with Gasteiger partial charge in [-0.1, -0.05) is 58.0 Å². The molecule has 0 fully saturated rings. The summed E-state index contributed by atoms with van der Waals surface area (Å²) in [6.07, 6.45) is -0.466. The molecule has 5 nitrogen and oxygen atoms in total. The molecule has 0 aliphatic rings. The molecule has 1 radical (unpaired) electrons. The Bertz CT molecular complexity index is 879. The van der Waals surface area contributed by atoms with Gasteiger partial charge in [0, 0.05) is 28.8 Å². The Labute approximate surface area is 195 Å². The SMILES string of the molecule is CC(=O)SC[C@H](Cc1c(F)[c]c(OCc2ccccc2)cc1Br)NC(=O)OC(C)(C)C. The number of benzene rings is 2. The molecule has 1 N–H and O–H groups in total. The van der Waals surface area contributed by atoms with Crippen LogP contribution >= 0.6 is 27.7 Å².